The molecule has 0 spiro atoms. The minimum absolute atomic E-state index is 0.777. The van der Waals surface area contributed by atoms with Crippen molar-refractivity contribution in [2.24, 2.45) is 5.92 Å². The first-order valence-electron chi connectivity index (χ1n) is 3.37. The molecule has 1 aliphatic rings. The molecular formula is C7H8BrNS. The van der Waals surface area contributed by atoms with E-state index >= 15 is 0 Å². The van der Waals surface area contributed by atoms with Crippen molar-refractivity contribution in [3.63, 3.8) is 0 Å². The molecule has 1 fully saturated rings. The zero-order valence-corrected chi connectivity index (χ0v) is 7.86. The monoisotopic (exact) mass is 217 g/mol. The summed E-state index contributed by atoms with van der Waals surface area (Å²) in [5.74, 6) is 1.64. The van der Waals surface area contributed by atoms with Crippen LogP contribution in [0, 0.1) is 5.92 Å². The Morgan fingerprint density at radius 3 is 3.20 bits per heavy atom. The van der Waals surface area contributed by atoms with Crippen molar-refractivity contribution in [2.75, 3.05) is 5.33 Å². The van der Waals surface area contributed by atoms with E-state index in [9.17, 15) is 0 Å². The molecule has 0 amide bonds. The zero-order valence-electron chi connectivity index (χ0n) is 5.46. The van der Waals surface area contributed by atoms with Crippen LogP contribution in [-0.4, -0.2) is 10.3 Å². The lowest BCUT2D eigenvalue weighted by molar-refractivity contribution is 0.926. The second-order valence-electron chi connectivity index (χ2n) is 2.63. The van der Waals surface area contributed by atoms with E-state index < -0.39 is 0 Å². The third-order valence-corrected chi connectivity index (χ3v) is 3.63. The van der Waals surface area contributed by atoms with Crippen LogP contribution in [0.1, 0.15) is 17.3 Å². The highest BCUT2D eigenvalue weighted by molar-refractivity contribution is 9.09. The van der Waals surface area contributed by atoms with Gasteiger partial charge in [-0.05, 0) is 12.3 Å². The number of thiazole rings is 1. The average Bonchev–Trinajstić information content (AvgIpc) is 2.56. The summed E-state index contributed by atoms with van der Waals surface area (Å²) in [5.41, 5.74) is 0. The average molecular weight is 218 g/mol. The molecule has 0 radical (unpaired) electrons. The number of aromatic nitrogens is 1. The predicted molar refractivity (Wildman–Crippen MR) is 46.8 cm³/mol. The normalized spacial score (nSPS) is 30.5. The van der Waals surface area contributed by atoms with Gasteiger partial charge in [-0.15, -0.1) is 11.3 Å². The van der Waals surface area contributed by atoms with Gasteiger partial charge in [-0.3, -0.25) is 0 Å². The van der Waals surface area contributed by atoms with E-state index in [0.29, 0.717) is 0 Å². The SMILES string of the molecule is BrCC1CC1c1nccs1. The van der Waals surface area contributed by atoms with E-state index in [-0.39, 0.29) is 0 Å². The molecule has 2 rings (SSSR count). The van der Waals surface area contributed by atoms with Crippen LogP contribution in [0.3, 0.4) is 0 Å². The van der Waals surface area contributed by atoms with Crippen molar-refractivity contribution in [2.45, 2.75) is 12.3 Å². The Hall–Kier alpha value is 0.110. The lowest BCUT2D eigenvalue weighted by Crippen LogP contribution is -1.81. The summed E-state index contributed by atoms with van der Waals surface area (Å²) < 4.78 is 0. The highest BCUT2D eigenvalue weighted by Gasteiger charge is 2.38. The molecular weight excluding hydrogens is 210 g/mol. The van der Waals surface area contributed by atoms with Crippen molar-refractivity contribution in [1.82, 2.24) is 4.98 Å². The van der Waals surface area contributed by atoms with Crippen LogP contribution < -0.4 is 0 Å². The maximum absolute atomic E-state index is 4.27. The minimum Gasteiger partial charge on any atom is -0.249 e. The van der Waals surface area contributed by atoms with Gasteiger partial charge in [-0.2, -0.15) is 0 Å². The van der Waals surface area contributed by atoms with E-state index in [1.54, 1.807) is 11.3 Å². The number of rotatable bonds is 2. The van der Waals surface area contributed by atoms with Gasteiger partial charge in [0.2, 0.25) is 0 Å². The Bertz CT molecular complexity index is 209. The molecule has 1 aromatic rings. The lowest BCUT2D eigenvalue weighted by atomic mass is 10.4. The van der Waals surface area contributed by atoms with Crippen molar-refractivity contribution < 1.29 is 0 Å². The third kappa shape index (κ3) is 1.12. The summed E-state index contributed by atoms with van der Waals surface area (Å²) in [7, 11) is 0. The molecule has 1 heterocycles. The van der Waals surface area contributed by atoms with Gasteiger partial charge in [0.05, 0.1) is 5.01 Å². The Labute approximate surface area is 72.6 Å². The van der Waals surface area contributed by atoms with Crippen molar-refractivity contribution in [3.8, 4) is 0 Å². The zero-order chi connectivity index (χ0) is 6.97. The van der Waals surface area contributed by atoms with Gasteiger partial charge < -0.3 is 0 Å². The summed E-state index contributed by atoms with van der Waals surface area (Å²) in [5, 5.41) is 4.51. The second-order valence-corrected chi connectivity index (χ2v) is 4.20. The fraction of sp³-hybridized carbons (Fsp3) is 0.571. The van der Waals surface area contributed by atoms with Crippen LogP contribution in [0.4, 0.5) is 0 Å². The Balaban J connectivity index is 2.05. The maximum atomic E-state index is 4.27. The minimum atomic E-state index is 0.777. The van der Waals surface area contributed by atoms with Crippen LogP contribution in [0.5, 0.6) is 0 Å². The first-order valence-corrected chi connectivity index (χ1v) is 5.37. The molecule has 1 saturated carbocycles. The van der Waals surface area contributed by atoms with E-state index in [1.165, 1.54) is 11.4 Å². The summed E-state index contributed by atoms with van der Waals surface area (Å²) in [6, 6.07) is 0. The largest absolute Gasteiger partial charge is 0.249 e. The number of hydrogen-bond donors (Lipinski definition) is 0. The first kappa shape index (κ1) is 6.80. The van der Waals surface area contributed by atoms with Crippen molar-refractivity contribution in [1.29, 1.82) is 0 Å². The molecule has 0 bridgehead atoms. The quantitative estimate of drug-likeness (QED) is 0.695. The fourth-order valence-corrected chi connectivity index (χ4v) is 2.70. The van der Waals surface area contributed by atoms with Crippen LogP contribution in [0.25, 0.3) is 0 Å². The van der Waals surface area contributed by atoms with Gasteiger partial charge in [0.15, 0.2) is 0 Å². The topological polar surface area (TPSA) is 12.9 Å². The van der Waals surface area contributed by atoms with Crippen LogP contribution >= 0.6 is 27.3 Å². The summed E-state index contributed by atoms with van der Waals surface area (Å²) >= 11 is 5.26. The highest BCUT2D eigenvalue weighted by Crippen LogP contribution is 2.48. The molecule has 1 nitrogen and oxygen atoms in total. The molecule has 3 heteroatoms. The van der Waals surface area contributed by atoms with Gasteiger partial charge >= 0.3 is 0 Å². The van der Waals surface area contributed by atoms with Crippen molar-refractivity contribution in [3.05, 3.63) is 16.6 Å². The predicted octanol–water partition coefficient (Wildman–Crippen LogP) is 2.64. The lowest BCUT2D eigenvalue weighted by Gasteiger charge is -1.87. The van der Waals surface area contributed by atoms with Crippen LogP contribution in [0.2, 0.25) is 0 Å². The van der Waals surface area contributed by atoms with Gasteiger partial charge in [-0.25, -0.2) is 4.98 Å². The first-order chi connectivity index (χ1) is 4.92. The number of nitrogens with zero attached hydrogens (tertiary/aromatic N) is 1. The molecule has 54 valence electrons. The van der Waals surface area contributed by atoms with E-state index in [0.717, 1.165) is 17.2 Å². The Kier molecular flexibility index (Phi) is 1.78. The van der Waals surface area contributed by atoms with Gasteiger partial charge in [0.25, 0.3) is 0 Å². The van der Waals surface area contributed by atoms with Gasteiger partial charge in [0.1, 0.15) is 0 Å². The molecule has 1 aliphatic carbocycles. The number of alkyl halides is 1. The molecule has 1 aromatic heterocycles. The summed E-state index contributed by atoms with van der Waals surface area (Å²) in [6.07, 6.45) is 3.22. The number of halogens is 1. The molecule has 0 N–H and O–H groups in total. The highest BCUT2D eigenvalue weighted by atomic mass is 79.9. The molecule has 2 atom stereocenters. The van der Waals surface area contributed by atoms with Crippen LogP contribution in [0.15, 0.2) is 11.6 Å². The second kappa shape index (κ2) is 2.62. The van der Waals surface area contributed by atoms with Crippen molar-refractivity contribution >= 4 is 27.3 Å². The third-order valence-electron chi connectivity index (χ3n) is 1.89. The molecule has 0 saturated heterocycles. The van der Waals surface area contributed by atoms with E-state index in [1.807, 2.05) is 6.20 Å². The number of hydrogen-bond acceptors (Lipinski definition) is 2. The molecule has 2 unspecified atom stereocenters. The van der Waals surface area contributed by atoms with E-state index in [4.69, 9.17) is 0 Å². The standard InChI is InChI=1S/C7H8BrNS/c8-4-5-3-6(5)7-9-1-2-10-7/h1-2,5-6H,3-4H2. The molecule has 10 heavy (non-hydrogen) atoms. The molecule has 0 aliphatic heterocycles. The van der Waals surface area contributed by atoms with Gasteiger partial charge in [-0.1, -0.05) is 15.9 Å². The maximum Gasteiger partial charge on any atom is 0.0958 e. The summed E-state index contributed by atoms with van der Waals surface area (Å²) in [6.45, 7) is 0. The molecule has 0 aromatic carbocycles. The Morgan fingerprint density at radius 1 is 1.80 bits per heavy atom. The van der Waals surface area contributed by atoms with E-state index in [2.05, 4.69) is 26.3 Å². The Morgan fingerprint density at radius 2 is 2.70 bits per heavy atom. The smallest absolute Gasteiger partial charge is 0.0958 e. The fourth-order valence-electron chi connectivity index (χ4n) is 1.14. The van der Waals surface area contributed by atoms with Crippen LogP contribution in [-0.2, 0) is 0 Å². The van der Waals surface area contributed by atoms with Gasteiger partial charge in [0, 0.05) is 22.8 Å². The summed E-state index contributed by atoms with van der Waals surface area (Å²) in [4.78, 5) is 4.27.